The molecule has 3 rings (SSSR count). The summed E-state index contributed by atoms with van der Waals surface area (Å²) in [5.41, 5.74) is 17.2. The van der Waals surface area contributed by atoms with Gasteiger partial charge >= 0.3 is 0 Å². The number of nitrogens with zero attached hydrogens (tertiary/aromatic N) is 3. The summed E-state index contributed by atoms with van der Waals surface area (Å²) in [6.07, 6.45) is 12.8. The molecular formula is C28H37ClN8+2. The van der Waals surface area contributed by atoms with Gasteiger partial charge in [0.15, 0.2) is 5.82 Å². The first-order valence-electron chi connectivity index (χ1n) is 12.5. The van der Waals surface area contributed by atoms with Gasteiger partial charge in [-0.1, -0.05) is 25.4 Å². The molecule has 3 aromatic rings. The molecule has 8 nitrogen and oxygen atoms in total. The second kappa shape index (κ2) is 13.6. The van der Waals surface area contributed by atoms with E-state index in [1.54, 1.807) is 30.9 Å². The van der Waals surface area contributed by atoms with Gasteiger partial charge in [-0.25, -0.2) is 4.98 Å². The van der Waals surface area contributed by atoms with Gasteiger partial charge in [-0.3, -0.25) is 15.4 Å². The van der Waals surface area contributed by atoms with Crippen LogP contribution >= 0.6 is 11.6 Å². The quantitative estimate of drug-likeness (QED) is 0.141. The van der Waals surface area contributed by atoms with Crippen molar-refractivity contribution in [1.82, 2.24) is 15.0 Å². The molecule has 9 N–H and O–H groups in total. The van der Waals surface area contributed by atoms with Crippen molar-refractivity contribution in [2.24, 2.45) is 23.3 Å². The normalized spacial score (nSPS) is 14.5. The van der Waals surface area contributed by atoms with Crippen molar-refractivity contribution >= 4 is 33.9 Å². The Morgan fingerprint density at radius 2 is 1.92 bits per heavy atom. The lowest BCUT2D eigenvalue weighted by Crippen LogP contribution is -2.79. The summed E-state index contributed by atoms with van der Waals surface area (Å²) in [7, 11) is 1.92. The van der Waals surface area contributed by atoms with Crippen molar-refractivity contribution in [3.8, 4) is 0 Å². The van der Waals surface area contributed by atoms with Crippen molar-refractivity contribution in [1.29, 1.82) is 5.41 Å². The maximum atomic E-state index is 8.94. The Kier molecular flexibility index (Phi) is 10.3. The average molecular weight is 521 g/mol. The largest absolute Gasteiger partial charge is 0.404 e. The van der Waals surface area contributed by atoms with E-state index in [-0.39, 0.29) is 0 Å². The predicted molar refractivity (Wildman–Crippen MR) is 150 cm³/mol. The number of allylic oxidation sites excluding steroid dienone is 3. The van der Waals surface area contributed by atoms with Crippen LogP contribution in [-0.2, 0) is 0 Å². The molecule has 0 fully saturated rings. The summed E-state index contributed by atoms with van der Waals surface area (Å²) >= 11 is 6.12. The zero-order chi connectivity index (χ0) is 26.8. The summed E-state index contributed by atoms with van der Waals surface area (Å²) < 4.78 is 0. The molecule has 9 heteroatoms. The second-order valence-corrected chi connectivity index (χ2v) is 9.49. The smallest absolute Gasteiger partial charge is 0.195 e. The van der Waals surface area contributed by atoms with E-state index in [1.165, 1.54) is 0 Å². The van der Waals surface area contributed by atoms with Gasteiger partial charge in [0.05, 0.1) is 35.9 Å². The van der Waals surface area contributed by atoms with E-state index < -0.39 is 0 Å². The van der Waals surface area contributed by atoms with Crippen LogP contribution in [0.25, 0.3) is 16.6 Å². The number of hydrogen-bond acceptors (Lipinski definition) is 6. The summed E-state index contributed by atoms with van der Waals surface area (Å²) in [6, 6.07) is 9.17. The predicted octanol–water partition coefficient (Wildman–Crippen LogP) is 2.54. The average Bonchev–Trinajstić information content (AvgIpc) is 2.92. The third-order valence-electron chi connectivity index (χ3n) is 6.39. The number of halogens is 1. The SMILES string of the molecule is CCC(CC(C)C[NH2+]C=C(C(=N)c1ccncc1)c1cnc2ccc(Cl)nc2c1)C(C=C(N)[NH2+]C)=CN. The maximum Gasteiger partial charge on any atom is 0.195 e. The van der Waals surface area contributed by atoms with Crippen molar-refractivity contribution in [3.05, 3.63) is 95.1 Å². The highest BCUT2D eigenvalue weighted by molar-refractivity contribution is 6.30. The molecule has 2 atom stereocenters. The van der Waals surface area contributed by atoms with Crippen LogP contribution in [0.15, 0.2) is 78.8 Å². The fourth-order valence-electron chi connectivity index (χ4n) is 4.24. The van der Waals surface area contributed by atoms with E-state index in [0.717, 1.165) is 53.0 Å². The molecular weight excluding hydrogens is 484 g/mol. The molecule has 3 aromatic heterocycles. The molecule has 0 aliphatic carbocycles. The molecule has 194 valence electrons. The number of hydrogen-bond donors (Lipinski definition) is 5. The Hall–Kier alpha value is -3.59. The van der Waals surface area contributed by atoms with Gasteiger partial charge in [-0.05, 0) is 60.9 Å². The number of pyridine rings is 3. The summed E-state index contributed by atoms with van der Waals surface area (Å²) in [5.74, 6) is 1.45. The van der Waals surface area contributed by atoms with Crippen LogP contribution in [0.1, 0.15) is 37.8 Å². The van der Waals surface area contributed by atoms with Crippen LogP contribution in [0.4, 0.5) is 0 Å². The Morgan fingerprint density at radius 3 is 2.59 bits per heavy atom. The standard InChI is InChI=1S/C28H35ClN8/c1-4-19(21(14-30)13-27(31)33-3)11-18(2)15-35-17-23(28(32)20-7-9-34-10-8-20)22-12-25-24(36-16-22)5-6-26(29)37-25/h5-10,12-14,16-19,32-33,35H,4,11,15,30-31H2,1-3H3/p+2. The van der Waals surface area contributed by atoms with E-state index in [1.807, 2.05) is 48.9 Å². The minimum Gasteiger partial charge on any atom is -0.404 e. The lowest BCUT2D eigenvalue weighted by atomic mass is 9.87. The van der Waals surface area contributed by atoms with E-state index in [4.69, 9.17) is 28.5 Å². The third-order valence-corrected chi connectivity index (χ3v) is 6.60. The number of nitrogens with two attached hydrogens (primary N) is 4. The van der Waals surface area contributed by atoms with Crippen LogP contribution in [0, 0.1) is 17.2 Å². The molecule has 0 aromatic carbocycles. The van der Waals surface area contributed by atoms with Crippen LogP contribution < -0.4 is 22.1 Å². The Balaban J connectivity index is 1.82. The number of fused-ring (bicyclic) bond motifs is 1. The van der Waals surface area contributed by atoms with Gasteiger partial charge in [-0.15, -0.1) is 0 Å². The van der Waals surface area contributed by atoms with Gasteiger partial charge in [0.1, 0.15) is 11.4 Å². The minimum absolute atomic E-state index is 0.325. The first kappa shape index (κ1) is 28.0. The van der Waals surface area contributed by atoms with Crippen molar-refractivity contribution < 1.29 is 10.6 Å². The number of quaternary nitrogens is 2. The Morgan fingerprint density at radius 1 is 1.16 bits per heavy atom. The highest BCUT2D eigenvalue weighted by Gasteiger charge is 2.18. The van der Waals surface area contributed by atoms with Crippen LogP contribution in [0.5, 0.6) is 0 Å². The Labute approximate surface area is 223 Å². The molecule has 0 amide bonds. The van der Waals surface area contributed by atoms with Crippen LogP contribution in [0.3, 0.4) is 0 Å². The molecule has 0 saturated carbocycles. The minimum atomic E-state index is 0.325. The first-order valence-corrected chi connectivity index (χ1v) is 12.9. The van der Waals surface area contributed by atoms with Crippen molar-refractivity contribution in [2.45, 2.75) is 26.7 Å². The van der Waals surface area contributed by atoms with Crippen LogP contribution in [-0.4, -0.2) is 34.3 Å². The van der Waals surface area contributed by atoms with Gasteiger partial charge in [0, 0.05) is 41.7 Å². The summed E-state index contributed by atoms with van der Waals surface area (Å²) in [5, 5.41) is 13.4. The molecule has 0 spiro atoms. The van der Waals surface area contributed by atoms with E-state index in [2.05, 4.69) is 34.1 Å². The first-order chi connectivity index (χ1) is 17.9. The topological polar surface area (TPSA) is 148 Å². The molecule has 37 heavy (non-hydrogen) atoms. The highest BCUT2D eigenvalue weighted by Crippen LogP contribution is 2.24. The maximum absolute atomic E-state index is 8.94. The van der Waals surface area contributed by atoms with E-state index in [0.29, 0.717) is 28.2 Å². The van der Waals surface area contributed by atoms with Crippen molar-refractivity contribution in [2.75, 3.05) is 13.6 Å². The van der Waals surface area contributed by atoms with Gasteiger partial charge < -0.3 is 22.1 Å². The molecule has 0 aliphatic rings. The van der Waals surface area contributed by atoms with Gasteiger partial charge in [0.2, 0.25) is 0 Å². The molecule has 0 radical (unpaired) electrons. The monoisotopic (exact) mass is 520 g/mol. The summed E-state index contributed by atoms with van der Waals surface area (Å²) in [4.78, 5) is 13.0. The molecule has 2 unspecified atom stereocenters. The van der Waals surface area contributed by atoms with Gasteiger partial charge in [0.25, 0.3) is 0 Å². The number of nitrogens with one attached hydrogen (secondary N) is 1. The number of rotatable bonds is 12. The molecule has 0 saturated heterocycles. The molecule has 0 bridgehead atoms. The second-order valence-electron chi connectivity index (χ2n) is 9.10. The third kappa shape index (κ3) is 7.69. The highest BCUT2D eigenvalue weighted by atomic mass is 35.5. The zero-order valence-electron chi connectivity index (χ0n) is 21.7. The lowest BCUT2D eigenvalue weighted by Gasteiger charge is -2.19. The fourth-order valence-corrected chi connectivity index (χ4v) is 4.40. The fraction of sp³-hybridized carbons (Fsp3) is 0.286. The van der Waals surface area contributed by atoms with Crippen LogP contribution in [0.2, 0.25) is 5.15 Å². The summed E-state index contributed by atoms with van der Waals surface area (Å²) in [6.45, 7) is 5.26. The molecule has 3 heterocycles. The van der Waals surface area contributed by atoms with E-state index in [9.17, 15) is 0 Å². The Bertz CT molecular complexity index is 1300. The zero-order valence-corrected chi connectivity index (χ0v) is 22.4. The molecule has 0 aliphatic heterocycles. The van der Waals surface area contributed by atoms with Gasteiger partial charge in [-0.2, -0.15) is 0 Å². The van der Waals surface area contributed by atoms with Crippen molar-refractivity contribution in [3.63, 3.8) is 0 Å². The lowest BCUT2D eigenvalue weighted by molar-refractivity contribution is -0.593. The van der Waals surface area contributed by atoms with E-state index >= 15 is 0 Å². The number of aromatic nitrogens is 3.